The predicted octanol–water partition coefficient (Wildman–Crippen LogP) is 3.33. The molecular formula is C21H18N2O6S2. The van der Waals surface area contributed by atoms with E-state index in [-0.39, 0.29) is 21.4 Å². The fourth-order valence-electron chi connectivity index (χ4n) is 2.81. The number of carbonyl (C=O) groups excluding carboxylic acids is 2. The molecule has 160 valence electrons. The number of aromatic hydroxyl groups is 1. The maximum absolute atomic E-state index is 12.9. The van der Waals surface area contributed by atoms with Gasteiger partial charge in [0.1, 0.15) is 10.4 Å². The number of benzene rings is 2. The lowest BCUT2D eigenvalue weighted by atomic mass is 10.1. The Balaban J connectivity index is 1.75. The highest BCUT2D eigenvalue weighted by molar-refractivity contribution is 8.26. The average Bonchev–Trinajstić information content (AvgIpc) is 3.02. The Labute approximate surface area is 187 Å². The molecular weight excluding hydrogens is 440 g/mol. The van der Waals surface area contributed by atoms with Gasteiger partial charge in [-0.3, -0.25) is 14.5 Å². The lowest BCUT2D eigenvalue weighted by molar-refractivity contribution is -0.129. The molecule has 0 radical (unpaired) electrons. The summed E-state index contributed by atoms with van der Waals surface area (Å²) < 4.78 is 5.31. The summed E-state index contributed by atoms with van der Waals surface area (Å²) in [4.78, 5) is 38.0. The molecule has 1 aliphatic rings. The van der Waals surface area contributed by atoms with Crippen LogP contribution in [-0.4, -0.2) is 50.4 Å². The first-order valence-electron chi connectivity index (χ1n) is 8.99. The normalized spacial score (nSPS) is 15.8. The molecule has 2 aromatic rings. The fraction of sp³-hybridized carbons (Fsp3) is 0.143. The van der Waals surface area contributed by atoms with Gasteiger partial charge in [0.15, 0.2) is 11.5 Å². The van der Waals surface area contributed by atoms with E-state index in [9.17, 15) is 19.5 Å². The second-order valence-corrected chi connectivity index (χ2v) is 8.21. The molecule has 3 rings (SSSR count). The molecule has 1 atom stereocenters. The van der Waals surface area contributed by atoms with Gasteiger partial charge in [-0.05, 0) is 55.0 Å². The average molecular weight is 459 g/mol. The summed E-state index contributed by atoms with van der Waals surface area (Å²) >= 11 is 6.38. The van der Waals surface area contributed by atoms with Crippen LogP contribution in [0.25, 0.3) is 6.08 Å². The molecule has 2 aromatic carbocycles. The first-order chi connectivity index (χ1) is 14.7. The van der Waals surface area contributed by atoms with Crippen LogP contribution in [0.4, 0.5) is 5.69 Å². The van der Waals surface area contributed by atoms with Crippen molar-refractivity contribution in [3.63, 3.8) is 0 Å². The Morgan fingerprint density at radius 2 is 1.90 bits per heavy atom. The number of hydrogen-bond donors (Lipinski definition) is 3. The SMILES string of the molecule is COc1cc(/C=C2\SC(=S)N(C(C)C(=O)Nc3ccc(C(=O)O)cc3)C2=O)ccc1O. The van der Waals surface area contributed by atoms with Gasteiger partial charge in [0, 0.05) is 5.69 Å². The number of carbonyl (C=O) groups is 3. The van der Waals surface area contributed by atoms with E-state index in [2.05, 4.69) is 5.32 Å². The smallest absolute Gasteiger partial charge is 0.335 e. The molecule has 1 unspecified atom stereocenters. The lowest BCUT2D eigenvalue weighted by Crippen LogP contribution is -2.44. The number of phenolic OH excluding ortho intramolecular Hbond substituents is 1. The van der Waals surface area contributed by atoms with Crippen LogP contribution in [-0.2, 0) is 9.59 Å². The molecule has 8 nitrogen and oxygen atoms in total. The Morgan fingerprint density at radius 1 is 1.23 bits per heavy atom. The highest BCUT2D eigenvalue weighted by Gasteiger charge is 2.38. The van der Waals surface area contributed by atoms with Gasteiger partial charge >= 0.3 is 5.97 Å². The van der Waals surface area contributed by atoms with E-state index in [1.165, 1.54) is 42.3 Å². The number of phenols is 1. The van der Waals surface area contributed by atoms with Gasteiger partial charge in [0.25, 0.3) is 5.91 Å². The Hall–Kier alpha value is -3.37. The molecule has 10 heteroatoms. The number of thiocarbonyl (C=S) groups is 1. The number of carboxylic acids is 1. The van der Waals surface area contributed by atoms with Crippen molar-refractivity contribution in [2.45, 2.75) is 13.0 Å². The van der Waals surface area contributed by atoms with E-state index in [1.807, 2.05) is 0 Å². The largest absolute Gasteiger partial charge is 0.504 e. The first kappa shape index (κ1) is 22.3. The summed E-state index contributed by atoms with van der Waals surface area (Å²) in [6.07, 6.45) is 1.61. The summed E-state index contributed by atoms with van der Waals surface area (Å²) in [6.45, 7) is 1.55. The molecule has 2 amide bonds. The van der Waals surface area contributed by atoms with Crippen LogP contribution in [0.5, 0.6) is 11.5 Å². The minimum absolute atomic E-state index is 0.0196. The fourth-order valence-corrected chi connectivity index (χ4v) is 4.23. The Bertz CT molecular complexity index is 1100. The highest BCUT2D eigenvalue weighted by Crippen LogP contribution is 2.35. The second kappa shape index (κ2) is 9.19. The van der Waals surface area contributed by atoms with Gasteiger partial charge in [-0.1, -0.05) is 30.0 Å². The van der Waals surface area contributed by atoms with Gasteiger partial charge in [0.05, 0.1) is 17.6 Å². The van der Waals surface area contributed by atoms with E-state index in [4.69, 9.17) is 22.1 Å². The van der Waals surface area contributed by atoms with Gasteiger partial charge in [-0.2, -0.15) is 0 Å². The number of thioether (sulfide) groups is 1. The monoisotopic (exact) mass is 458 g/mol. The third-order valence-electron chi connectivity index (χ3n) is 4.49. The van der Waals surface area contributed by atoms with Crippen LogP contribution in [0, 0.1) is 0 Å². The molecule has 0 saturated carbocycles. The minimum Gasteiger partial charge on any atom is -0.504 e. The highest BCUT2D eigenvalue weighted by atomic mass is 32.2. The zero-order chi connectivity index (χ0) is 22.7. The van der Waals surface area contributed by atoms with E-state index >= 15 is 0 Å². The number of nitrogens with one attached hydrogen (secondary N) is 1. The molecule has 0 aromatic heterocycles. The number of amides is 2. The van der Waals surface area contributed by atoms with Crippen molar-refractivity contribution in [1.29, 1.82) is 0 Å². The Kier molecular flexibility index (Phi) is 6.62. The number of aromatic carboxylic acids is 1. The zero-order valence-corrected chi connectivity index (χ0v) is 18.1. The van der Waals surface area contributed by atoms with Gasteiger partial charge < -0.3 is 20.3 Å². The Morgan fingerprint density at radius 3 is 2.52 bits per heavy atom. The third kappa shape index (κ3) is 4.86. The van der Waals surface area contributed by atoms with Crippen molar-refractivity contribution in [1.82, 2.24) is 4.90 Å². The molecule has 1 fully saturated rings. The van der Waals surface area contributed by atoms with Crippen LogP contribution in [0.2, 0.25) is 0 Å². The molecule has 1 aliphatic heterocycles. The van der Waals surface area contributed by atoms with Crippen molar-refractivity contribution < 1.29 is 29.3 Å². The minimum atomic E-state index is -1.07. The van der Waals surface area contributed by atoms with E-state index in [0.717, 1.165) is 11.8 Å². The number of methoxy groups -OCH3 is 1. The summed E-state index contributed by atoms with van der Waals surface area (Å²) in [5.74, 6) is -1.69. The standard InChI is InChI=1S/C21H18N2O6S2/c1-11(18(25)22-14-6-4-13(5-7-14)20(27)28)23-19(26)17(31-21(23)30)10-12-3-8-15(24)16(9-12)29-2/h3-11,24H,1-2H3,(H,22,25)(H,27,28)/b17-10-. The third-order valence-corrected chi connectivity index (χ3v) is 5.82. The quantitative estimate of drug-likeness (QED) is 0.446. The van der Waals surface area contributed by atoms with E-state index in [0.29, 0.717) is 16.2 Å². The second-order valence-electron chi connectivity index (χ2n) is 6.53. The number of anilines is 1. The molecule has 3 N–H and O–H groups in total. The van der Waals surface area contributed by atoms with Crippen molar-refractivity contribution >= 4 is 57.8 Å². The van der Waals surface area contributed by atoms with Crippen LogP contribution >= 0.6 is 24.0 Å². The van der Waals surface area contributed by atoms with Gasteiger partial charge in [0.2, 0.25) is 5.91 Å². The molecule has 0 aliphatic carbocycles. The molecule has 0 bridgehead atoms. The number of hydrogen-bond acceptors (Lipinski definition) is 7. The summed E-state index contributed by atoms with van der Waals surface area (Å²) in [5, 5.41) is 21.3. The van der Waals surface area contributed by atoms with E-state index < -0.39 is 23.8 Å². The summed E-state index contributed by atoms with van der Waals surface area (Å²) in [7, 11) is 1.42. The van der Waals surface area contributed by atoms with Crippen LogP contribution in [0.15, 0.2) is 47.4 Å². The van der Waals surface area contributed by atoms with E-state index in [1.54, 1.807) is 25.1 Å². The van der Waals surface area contributed by atoms with Crippen molar-refractivity contribution in [2.75, 3.05) is 12.4 Å². The maximum atomic E-state index is 12.9. The molecule has 0 spiro atoms. The van der Waals surface area contributed by atoms with Crippen molar-refractivity contribution in [3.05, 3.63) is 58.5 Å². The van der Waals surface area contributed by atoms with Crippen molar-refractivity contribution in [2.24, 2.45) is 0 Å². The number of nitrogens with zero attached hydrogens (tertiary/aromatic N) is 1. The van der Waals surface area contributed by atoms with Crippen LogP contribution in [0.1, 0.15) is 22.8 Å². The van der Waals surface area contributed by atoms with Crippen molar-refractivity contribution in [3.8, 4) is 11.5 Å². The summed E-state index contributed by atoms with van der Waals surface area (Å²) in [5.41, 5.74) is 1.13. The lowest BCUT2D eigenvalue weighted by Gasteiger charge is -2.22. The molecule has 31 heavy (non-hydrogen) atoms. The predicted molar refractivity (Wildman–Crippen MR) is 121 cm³/mol. The molecule has 1 saturated heterocycles. The molecule has 1 heterocycles. The number of carboxylic acid groups (broad SMARTS) is 1. The number of rotatable bonds is 6. The van der Waals surface area contributed by atoms with Crippen LogP contribution in [0.3, 0.4) is 0 Å². The maximum Gasteiger partial charge on any atom is 0.335 e. The van der Waals surface area contributed by atoms with Crippen LogP contribution < -0.4 is 10.1 Å². The summed E-state index contributed by atoms with van der Waals surface area (Å²) in [6, 6.07) is 9.46. The first-order valence-corrected chi connectivity index (χ1v) is 10.2. The van der Waals surface area contributed by atoms with Gasteiger partial charge in [-0.15, -0.1) is 0 Å². The zero-order valence-electron chi connectivity index (χ0n) is 16.5. The topological polar surface area (TPSA) is 116 Å². The van der Waals surface area contributed by atoms with Gasteiger partial charge in [-0.25, -0.2) is 4.79 Å². The number of ether oxygens (including phenoxy) is 1.